The molecule has 1 aromatic carbocycles. The Labute approximate surface area is 123 Å². The summed E-state index contributed by atoms with van der Waals surface area (Å²) in [6.07, 6.45) is 0.976. The van der Waals surface area contributed by atoms with Gasteiger partial charge in [-0.25, -0.2) is 0 Å². The number of halogens is 1. The van der Waals surface area contributed by atoms with E-state index in [0.29, 0.717) is 5.95 Å². The Morgan fingerprint density at radius 2 is 2.32 bits per heavy atom. The van der Waals surface area contributed by atoms with Gasteiger partial charge in [-0.2, -0.15) is 0 Å². The highest BCUT2D eigenvalue weighted by Gasteiger charge is 2.18. The van der Waals surface area contributed by atoms with Crippen LogP contribution in [0.25, 0.3) is 0 Å². The highest BCUT2D eigenvalue weighted by atomic mass is 79.9. The molecular weight excluding hydrogens is 328 g/mol. The summed E-state index contributed by atoms with van der Waals surface area (Å²) in [4.78, 5) is 0. The zero-order valence-corrected chi connectivity index (χ0v) is 12.8. The third-order valence-corrected chi connectivity index (χ3v) is 4.58. The number of thioether (sulfide) groups is 1. The summed E-state index contributed by atoms with van der Waals surface area (Å²) < 4.78 is 8.58. The maximum atomic E-state index is 5.71. The lowest BCUT2D eigenvalue weighted by atomic mass is 10.1. The zero-order chi connectivity index (χ0) is 13.4. The van der Waals surface area contributed by atoms with E-state index in [-0.39, 0.29) is 0 Å². The second-order valence-corrected chi connectivity index (χ2v) is 6.20. The highest BCUT2D eigenvalue weighted by Crippen LogP contribution is 2.36. The first-order valence-electron chi connectivity index (χ1n) is 5.87. The second kappa shape index (κ2) is 5.05. The molecule has 0 spiro atoms. The van der Waals surface area contributed by atoms with Gasteiger partial charge in [-0.15, -0.1) is 10.2 Å². The van der Waals surface area contributed by atoms with Gasteiger partial charge in [0.15, 0.2) is 5.16 Å². The SMILES string of the molecule is Cn1c(N)nnc1SCc1cc(Br)cc2c1OCC2. The summed E-state index contributed by atoms with van der Waals surface area (Å²) >= 11 is 5.15. The highest BCUT2D eigenvalue weighted by molar-refractivity contribution is 9.10. The number of nitrogens with zero attached hydrogens (tertiary/aromatic N) is 3. The van der Waals surface area contributed by atoms with E-state index in [1.54, 1.807) is 16.3 Å². The van der Waals surface area contributed by atoms with Gasteiger partial charge in [0.25, 0.3) is 0 Å². The number of hydrogen-bond acceptors (Lipinski definition) is 5. The molecule has 3 rings (SSSR count). The largest absolute Gasteiger partial charge is 0.493 e. The van der Waals surface area contributed by atoms with Crippen molar-refractivity contribution < 1.29 is 4.74 Å². The monoisotopic (exact) mass is 340 g/mol. The van der Waals surface area contributed by atoms with Gasteiger partial charge in [0.1, 0.15) is 5.75 Å². The fraction of sp³-hybridized carbons (Fsp3) is 0.333. The molecule has 2 N–H and O–H groups in total. The third-order valence-electron chi connectivity index (χ3n) is 3.05. The van der Waals surface area contributed by atoms with Gasteiger partial charge in [0.2, 0.25) is 5.95 Å². The molecule has 0 saturated carbocycles. The summed E-state index contributed by atoms with van der Waals surface area (Å²) in [7, 11) is 1.86. The van der Waals surface area contributed by atoms with Gasteiger partial charge >= 0.3 is 0 Å². The van der Waals surface area contributed by atoms with Gasteiger partial charge in [-0.05, 0) is 17.7 Å². The van der Waals surface area contributed by atoms with Crippen LogP contribution in [-0.4, -0.2) is 21.4 Å². The predicted octanol–water partition coefficient (Wildman–Crippen LogP) is 2.39. The minimum atomic E-state index is 0.429. The van der Waals surface area contributed by atoms with Crippen molar-refractivity contribution in [2.45, 2.75) is 17.3 Å². The maximum Gasteiger partial charge on any atom is 0.222 e. The van der Waals surface area contributed by atoms with Crippen LogP contribution in [0, 0.1) is 0 Å². The van der Waals surface area contributed by atoms with E-state index >= 15 is 0 Å². The summed E-state index contributed by atoms with van der Waals surface area (Å²) in [5.41, 5.74) is 8.11. The molecule has 0 radical (unpaired) electrons. The molecule has 1 aromatic heterocycles. The Bertz CT molecular complexity index is 628. The minimum Gasteiger partial charge on any atom is -0.493 e. The molecule has 100 valence electrons. The number of fused-ring (bicyclic) bond motifs is 1. The van der Waals surface area contributed by atoms with Crippen LogP contribution in [0.1, 0.15) is 11.1 Å². The Morgan fingerprint density at radius 3 is 3.05 bits per heavy atom. The molecule has 0 fully saturated rings. The Balaban J connectivity index is 1.83. The number of nitrogen functional groups attached to an aromatic ring is 1. The van der Waals surface area contributed by atoms with E-state index in [4.69, 9.17) is 10.5 Å². The first-order valence-corrected chi connectivity index (χ1v) is 7.65. The minimum absolute atomic E-state index is 0.429. The maximum absolute atomic E-state index is 5.71. The van der Waals surface area contributed by atoms with Crippen molar-refractivity contribution in [1.82, 2.24) is 14.8 Å². The smallest absolute Gasteiger partial charge is 0.222 e. The van der Waals surface area contributed by atoms with Crippen molar-refractivity contribution in [3.8, 4) is 5.75 Å². The molecule has 0 amide bonds. The fourth-order valence-electron chi connectivity index (χ4n) is 2.05. The van der Waals surface area contributed by atoms with Crippen LogP contribution < -0.4 is 10.5 Å². The summed E-state index contributed by atoms with van der Waals surface area (Å²) in [5.74, 6) is 2.23. The van der Waals surface area contributed by atoms with Crippen molar-refractivity contribution in [3.63, 3.8) is 0 Å². The van der Waals surface area contributed by atoms with Gasteiger partial charge in [-0.3, -0.25) is 4.57 Å². The molecule has 1 aliphatic heterocycles. The number of anilines is 1. The third kappa shape index (κ3) is 2.44. The number of hydrogen-bond donors (Lipinski definition) is 1. The fourth-order valence-corrected chi connectivity index (χ4v) is 3.48. The molecular formula is C12H13BrN4OS. The van der Waals surface area contributed by atoms with E-state index in [1.165, 1.54) is 11.1 Å². The quantitative estimate of drug-likeness (QED) is 0.869. The zero-order valence-electron chi connectivity index (χ0n) is 10.4. The number of benzene rings is 1. The molecule has 5 nitrogen and oxygen atoms in total. The van der Waals surface area contributed by atoms with Crippen LogP contribution in [0.4, 0.5) is 5.95 Å². The topological polar surface area (TPSA) is 66.0 Å². The van der Waals surface area contributed by atoms with Crippen LogP contribution in [0.3, 0.4) is 0 Å². The van der Waals surface area contributed by atoms with E-state index < -0.39 is 0 Å². The summed E-state index contributed by atoms with van der Waals surface area (Å²) in [6, 6.07) is 4.22. The molecule has 0 saturated heterocycles. The van der Waals surface area contributed by atoms with Gasteiger partial charge in [0.05, 0.1) is 6.61 Å². The molecule has 0 unspecified atom stereocenters. The van der Waals surface area contributed by atoms with Crippen LogP contribution >= 0.6 is 27.7 Å². The van der Waals surface area contributed by atoms with Gasteiger partial charge in [-0.1, -0.05) is 27.7 Å². The molecule has 2 aromatic rings. The first kappa shape index (κ1) is 12.8. The Kier molecular flexibility index (Phi) is 3.40. The molecule has 0 bridgehead atoms. The van der Waals surface area contributed by atoms with E-state index in [9.17, 15) is 0 Å². The standard InChI is InChI=1S/C12H13BrN4OS/c1-17-11(14)15-16-12(17)19-6-8-5-9(13)4-7-2-3-18-10(7)8/h4-5H,2-3,6H2,1H3,(H2,14,15). The van der Waals surface area contributed by atoms with E-state index in [2.05, 4.69) is 38.3 Å². The van der Waals surface area contributed by atoms with Crippen molar-refractivity contribution >= 4 is 33.6 Å². The number of aromatic nitrogens is 3. The number of rotatable bonds is 3. The van der Waals surface area contributed by atoms with Crippen LogP contribution in [0.15, 0.2) is 21.8 Å². The predicted molar refractivity (Wildman–Crippen MR) is 78.3 cm³/mol. The van der Waals surface area contributed by atoms with Gasteiger partial charge < -0.3 is 10.5 Å². The van der Waals surface area contributed by atoms with Crippen LogP contribution in [0.5, 0.6) is 5.75 Å². The molecule has 19 heavy (non-hydrogen) atoms. The van der Waals surface area contributed by atoms with Crippen LogP contribution in [-0.2, 0) is 19.2 Å². The molecule has 1 aliphatic rings. The molecule has 0 aliphatic carbocycles. The van der Waals surface area contributed by atoms with E-state index in [0.717, 1.165) is 34.2 Å². The van der Waals surface area contributed by atoms with Crippen molar-refractivity contribution in [1.29, 1.82) is 0 Å². The lowest BCUT2D eigenvalue weighted by molar-refractivity contribution is 0.354. The normalized spacial score (nSPS) is 13.4. The number of nitrogens with two attached hydrogens (primary N) is 1. The molecule has 0 atom stereocenters. The number of ether oxygens (including phenoxy) is 1. The van der Waals surface area contributed by atoms with Crippen molar-refractivity contribution in [3.05, 3.63) is 27.7 Å². The van der Waals surface area contributed by atoms with E-state index in [1.807, 2.05) is 7.05 Å². The lowest BCUT2D eigenvalue weighted by Gasteiger charge is -2.08. The van der Waals surface area contributed by atoms with Crippen molar-refractivity contribution in [2.24, 2.45) is 7.05 Å². The molecule has 2 heterocycles. The summed E-state index contributed by atoms with van der Waals surface area (Å²) in [6.45, 7) is 0.764. The second-order valence-electron chi connectivity index (χ2n) is 4.34. The van der Waals surface area contributed by atoms with Crippen LogP contribution in [0.2, 0.25) is 0 Å². The van der Waals surface area contributed by atoms with Crippen molar-refractivity contribution in [2.75, 3.05) is 12.3 Å². The average Bonchev–Trinajstić information content (AvgIpc) is 2.96. The van der Waals surface area contributed by atoms with Gasteiger partial charge in [0, 0.05) is 29.3 Å². The molecule has 7 heteroatoms. The first-order chi connectivity index (χ1) is 9.15. The Hall–Kier alpha value is -1.21. The Morgan fingerprint density at radius 1 is 1.47 bits per heavy atom. The lowest BCUT2D eigenvalue weighted by Crippen LogP contribution is -1.98. The summed E-state index contributed by atoms with van der Waals surface area (Å²) in [5, 5.41) is 8.70. The average molecular weight is 341 g/mol.